The summed E-state index contributed by atoms with van der Waals surface area (Å²) in [5.41, 5.74) is 5.96. The Kier molecular flexibility index (Phi) is 3.24. The van der Waals surface area contributed by atoms with Gasteiger partial charge in [0, 0.05) is 39.3 Å². The van der Waals surface area contributed by atoms with Crippen LogP contribution in [0.3, 0.4) is 0 Å². The minimum absolute atomic E-state index is 0.270. The molecule has 0 aromatic carbocycles. The highest BCUT2D eigenvalue weighted by molar-refractivity contribution is 5.49. The van der Waals surface area contributed by atoms with Crippen LogP contribution in [0.5, 0.6) is 0 Å². The standard InChI is InChI=1S/C11H19N5/c1-15(2)10-6-11(14-8-13-10)16-5-3-4-9(12)7-16/h6,8-9H,3-5,7,12H2,1-2H3/t9-/m1/s1. The molecule has 1 aromatic rings. The van der Waals surface area contributed by atoms with Gasteiger partial charge in [0.2, 0.25) is 0 Å². The van der Waals surface area contributed by atoms with Crippen molar-refractivity contribution in [2.45, 2.75) is 18.9 Å². The molecule has 0 saturated carbocycles. The minimum atomic E-state index is 0.270. The second-order valence-corrected chi connectivity index (χ2v) is 4.48. The number of aromatic nitrogens is 2. The highest BCUT2D eigenvalue weighted by atomic mass is 15.2. The Labute approximate surface area is 96.3 Å². The topological polar surface area (TPSA) is 58.3 Å². The summed E-state index contributed by atoms with van der Waals surface area (Å²) in [6.45, 7) is 1.93. The zero-order valence-electron chi connectivity index (χ0n) is 9.93. The molecule has 5 heteroatoms. The fraction of sp³-hybridized carbons (Fsp3) is 0.636. The summed E-state index contributed by atoms with van der Waals surface area (Å²) in [5.74, 6) is 1.91. The second kappa shape index (κ2) is 4.65. The average molecular weight is 221 g/mol. The van der Waals surface area contributed by atoms with E-state index in [4.69, 9.17) is 5.73 Å². The van der Waals surface area contributed by atoms with Crippen molar-refractivity contribution < 1.29 is 0 Å². The quantitative estimate of drug-likeness (QED) is 0.786. The van der Waals surface area contributed by atoms with Gasteiger partial charge in [-0.1, -0.05) is 0 Å². The summed E-state index contributed by atoms with van der Waals surface area (Å²) in [6, 6.07) is 2.28. The summed E-state index contributed by atoms with van der Waals surface area (Å²) in [7, 11) is 3.96. The van der Waals surface area contributed by atoms with E-state index < -0.39 is 0 Å². The first-order valence-electron chi connectivity index (χ1n) is 5.66. The SMILES string of the molecule is CN(C)c1cc(N2CCC[C@@H](N)C2)ncn1. The first kappa shape index (κ1) is 11.1. The zero-order chi connectivity index (χ0) is 11.5. The number of hydrogen-bond acceptors (Lipinski definition) is 5. The molecule has 2 N–H and O–H groups in total. The lowest BCUT2D eigenvalue weighted by atomic mass is 10.1. The Morgan fingerprint density at radius 2 is 2.25 bits per heavy atom. The maximum atomic E-state index is 5.96. The largest absolute Gasteiger partial charge is 0.363 e. The van der Waals surface area contributed by atoms with Gasteiger partial charge in [0.15, 0.2) is 0 Å². The van der Waals surface area contributed by atoms with Crippen molar-refractivity contribution in [1.82, 2.24) is 9.97 Å². The number of anilines is 2. The van der Waals surface area contributed by atoms with E-state index in [1.54, 1.807) is 6.33 Å². The lowest BCUT2D eigenvalue weighted by Gasteiger charge is -2.31. The molecule has 0 aliphatic carbocycles. The van der Waals surface area contributed by atoms with Crippen LogP contribution in [-0.4, -0.2) is 43.2 Å². The van der Waals surface area contributed by atoms with Crippen molar-refractivity contribution in [3.8, 4) is 0 Å². The summed E-state index contributed by atoms with van der Waals surface area (Å²) in [5, 5.41) is 0. The predicted octanol–water partition coefficient (Wildman–Crippen LogP) is 0.470. The highest BCUT2D eigenvalue weighted by Gasteiger charge is 2.18. The normalized spacial score (nSPS) is 20.9. The van der Waals surface area contributed by atoms with Crippen LogP contribution in [0.15, 0.2) is 12.4 Å². The van der Waals surface area contributed by atoms with Crippen LogP contribution < -0.4 is 15.5 Å². The third-order valence-corrected chi connectivity index (χ3v) is 2.88. The molecule has 2 rings (SSSR count). The molecular formula is C11H19N5. The Bertz CT molecular complexity index is 352. The monoisotopic (exact) mass is 221 g/mol. The molecule has 1 atom stereocenters. The van der Waals surface area contributed by atoms with Gasteiger partial charge in [0.05, 0.1) is 0 Å². The van der Waals surface area contributed by atoms with Crippen molar-refractivity contribution in [3.05, 3.63) is 12.4 Å². The summed E-state index contributed by atoms with van der Waals surface area (Å²) >= 11 is 0. The summed E-state index contributed by atoms with van der Waals surface area (Å²) in [4.78, 5) is 12.7. The smallest absolute Gasteiger partial charge is 0.134 e. The third kappa shape index (κ3) is 2.41. The van der Waals surface area contributed by atoms with Crippen LogP contribution in [0.25, 0.3) is 0 Å². The first-order chi connectivity index (χ1) is 7.66. The Morgan fingerprint density at radius 3 is 2.94 bits per heavy atom. The van der Waals surface area contributed by atoms with Crippen molar-refractivity contribution in [3.63, 3.8) is 0 Å². The fourth-order valence-electron chi connectivity index (χ4n) is 1.97. The van der Waals surface area contributed by atoms with Gasteiger partial charge in [-0.3, -0.25) is 0 Å². The minimum Gasteiger partial charge on any atom is -0.363 e. The molecule has 1 fully saturated rings. The first-order valence-corrected chi connectivity index (χ1v) is 5.66. The molecule has 88 valence electrons. The molecule has 0 spiro atoms. The summed E-state index contributed by atoms with van der Waals surface area (Å²) < 4.78 is 0. The van der Waals surface area contributed by atoms with E-state index in [-0.39, 0.29) is 6.04 Å². The van der Waals surface area contributed by atoms with E-state index in [2.05, 4.69) is 14.9 Å². The van der Waals surface area contributed by atoms with Gasteiger partial charge >= 0.3 is 0 Å². The summed E-state index contributed by atoms with van der Waals surface area (Å²) in [6.07, 6.45) is 3.87. The number of piperidine rings is 1. The van der Waals surface area contributed by atoms with Gasteiger partial charge in [-0.15, -0.1) is 0 Å². The number of nitrogens with zero attached hydrogens (tertiary/aromatic N) is 4. The van der Waals surface area contributed by atoms with E-state index in [1.807, 2.05) is 25.1 Å². The van der Waals surface area contributed by atoms with E-state index in [0.29, 0.717) is 0 Å². The molecule has 0 radical (unpaired) electrons. The Hall–Kier alpha value is -1.36. The van der Waals surface area contributed by atoms with E-state index >= 15 is 0 Å². The van der Waals surface area contributed by atoms with Crippen LogP contribution in [0.1, 0.15) is 12.8 Å². The number of nitrogens with two attached hydrogens (primary N) is 1. The molecule has 16 heavy (non-hydrogen) atoms. The molecule has 1 saturated heterocycles. The van der Waals surface area contributed by atoms with Gasteiger partial charge in [-0.25, -0.2) is 9.97 Å². The maximum absolute atomic E-state index is 5.96. The lowest BCUT2D eigenvalue weighted by Crippen LogP contribution is -2.43. The van der Waals surface area contributed by atoms with Crippen LogP contribution in [0.4, 0.5) is 11.6 Å². The molecule has 1 aromatic heterocycles. The van der Waals surface area contributed by atoms with Crippen LogP contribution in [0.2, 0.25) is 0 Å². The van der Waals surface area contributed by atoms with Crippen LogP contribution in [0, 0.1) is 0 Å². The van der Waals surface area contributed by atoms with Gasteiger partial charge < -0.3 is 15.5 Å². The van der Waals surface area contributed by atoms with Gasteiger partial charge in [0.25, 0.3) is 0 Å². The Morgan fingerprint density at radius 1 is 1.44 bits per heavy atom. The number of hydrogen-bond donors (Lipinski definition) is 1. The van der Waals surface area contributed by atoms with Gasteiger partial charge in [-0.05, 0) is 12.8 Å². The van der Waals surface area contributed by atoms with Gasteiger partial charge in [-0.2, -0.15) is 0 Å². The van der Waals surface area contributed by atoms with E-state index in [9.17, 15) is 0 Å². The van der Waals surface area contributed by atoms with E-state index in [1.165, 1.54) is 0 Å². The van der Waals surface area contributed by atoms with Crippen LogP contribution in [-0.2, 0) is 0 Å². The van der Waals surface area contributed by atoms with Gasteiger partial charge in [0.1, 0.15) is 18.0 Å². The average Bonchev–Trinajstić information content (AvgIpc) is 2.29. The molecule has 1 aliphatic heterocycles. The third-order valence-electron chi connectivity index (χ3n) is 2.88. The number of rotatable bonds is 2. The Balaban J connectivity index is 2.16. The predicted molar refractivity (Wildman–Crippen MR) is 65.8 cm³/mol. The van der Waals surface area contributed by atoms with Crippen molar-refractivity contribution in [2.24, 2.45) is 5.73 Å². The van der Waals surface area contributed by atoms with E-state index in [0.717, 1.165) is 37.6 Å². The van der Waals surface area contributed by atoms with Crippen molar-refractivity contribution in [1.29, 1.82) is 0 Å². The molecule has 2 heterocycles. The molecule has 0 bridgehead atoms. The molecular weight excluding hydrogens is 202 g/mol. The molecule has 0 unspecified atom stereocenters. The maximum Gasteiger partial charge on any atom is 0.134 e. The fourth-order valence-corrected chi connectivity index (χ4v) is 1.97. The molecule has 1 aliphatic rings. The lowest BCUT2D eigenvalue weighted by molar-refractivity contribution is 0.503. The molecule has 5 nitrogen and oxygen atoms in total. The second-order valence-electron chi connectivity index (χ2n) is 4.48. The van der Waals surface area contributed by atoms with Crippen molar-refractivity contribution >= 4 is 11.6 Å². The highest BCUT2D eigenvalue weighted by Crippen LogP contribution is 2.19. The van der Waals surface area contributed by atoms with Crippen molar-refractivity contribution in [2.75, 3.05) is 37.0 Å². The van der Waals surface area contributed by atoms with Crippen LogP contribution >= 0.6 is 0 Å². The molecule has 0 amide bonds. The zero-order valence-corrected chi connectivity index (χ0v) is 9.93.